The van der Waals surface area contributed by atoms with Gasteiger partial charge in [-0.1, -0.05) is 49.8 Å². The Morgan fingerprint density at radius 1 is 1.15 bits per heavy atom. The van der Waals surface area contributed by atoms with Crippen LogP contribution in [0.4, 0.5) is 5.69 Å². The molecule has 1 fully saturated rings. The molecule has 3 nitrogen and oxygen atoms in total. The number of hydrogen-bond acceptors (Lipinski definition) is 3. The molecule has 1 atom stereocenters. The van der Waals surface area contributed by atoms with Gasteiger partial charge < -0.3 is 10.2 Å². The molecule has 4 rings (SSSR count). The molecule has 2 aromatic rings. The lowest BCUT2D eigenvalue weighted by Gasteiger charge is -2.40. The SMILES string of the molecule is CSc1ccc(/C=C/C23NC(=O)CN2c2ccc(C)cc2C3(C)C)cc1. The molecule has 1 saturated heterocycles. The third-order valence-electron chi connectivity index (χ3n) is 5.76. The minimum absolute atomic E-state index is 0.0756. The summed E-state index contributed by atoms with van der Waals surface area (Å²) in [5, 5.41) is 3.27. The third kappa shape index (κ3) is 2.39. The van der Waals surface area contributed by atoms with Crippen LogP contribution in [0.25, 0.3) is 6.08 Å². The standard InChI is InChI=1S/C22H24N2OS/c1-15-5-10-19-18(13-15)21(2,3)22(23-20(25)14-24(19)22)12-11-16-6-8-17(26-4)9-7-16/h5-13H,14H2,1-4H3,(H,23,25)/b12-11+. The summed E-state index contributed by atoms with van der Waals surface area (Å²) in [5.74, 6) is 0.0756. The van der Waals surface area contributed by atoms with Crippen molar-refractivity contribution in [2.45, 2.75) is 36.7 Å². The number of hydrogen-bond donors (Lipinski definition) is 1. The van der Waals surface area contributed by atoms with Crippen molar-refractivity contribution in [1.29, 1.82) is 0 Å². The Hall–Kier alpha value is -2.20. The minimum Gasteiger partial charge on any atom is -0.335 e. The van der Waals surface area contributed by atoms with Crippen LogP contribution in [0.5, 0.6) is 0 Å². The van der Waals surface area contributed by atoms with Crippen molar-refractivity contribution in [3.05, 3.63) is 65.2 Å². The van der Waals surface area contributed by atoms with E-state index in [2.05, 4.69) is 91.9 Å². The molecule has 4 heteroatoms. The highest BCUT2D eigenvalue weighted by atomic mass is 32.2. The van der Waals surface area contributed by atoms with E-state index in [0.717, 1.165) is 11.3 Å². The lowest BCUT2D eigenvalue weighted by atomic mass is 9.75. The molecule has 0 bridgehead atoms. The molecule has 0 aromatic heterocycles. The fraction of sp³-hybridized carbons (Fsp3) is 0.318. The first-order valence-electron chi connectivity index (χ1n) is 8.90. The summed E-state index contributed by atoms with van der Waals surface area (Å²) in [6.07, 6.45) is 6.38. The second-order valence-electron chi connectivity index (χ2n) is 7.65. The molecule has 1 N–H and O–H groups in total. The monoisotopic (exact) mass is 364 g/mol. The number of carbonyl (C=O) groups excluding carboxylic acids is 1. The summed E-state index contributed by atoms with van der Waals surface area (Å²) in [4.78, 5) is 15.8. The van der Waals surface area contributed by atoms with E-state index >= 15 is 0 Å². The molecule has 2 aliphatic rings. The number of thioether (sulfide) groups is 1. The Kier molecular flexibility index (Phi) is 3.92. The van der Waals surface area contributed by atoms with Gasteiger partial charge in [0.1, 0.15) is 5.66 Å². The van der Waals surface area contributed by atoms with E-state index in [0.29, 0.717) is 6.54 Å². The number of nitrogens with one attached hydrogen (secondary N) is 1. The maximum Gasteiger partial charge on any atom is 0.241 e. The van der Waals surface area contributed by atoms with Gasteiger partial charge in [-0.05, 0) is 48.6 Å². The van der Waals surface area contributed by atoms with Gasteiger partial charge >= 0.3 is 0 Å². The first kappa shape index (κ1) is 17.2. The van der Waals surface area contributed by atoms with Gasteiger partial charge in [0.25, 0.3) is 0 Å². The van der Waals surface area contributed by atoms with Gasteiger partial charge in [-0.25, -0.2) is 0 Å². The summed E-state index contributed by atoms with van der Waals surface area (Å²) in [7, 11) is 0. The number of carbonyl (C=O) groups is 1. The third-order valence-corrected chi connectivity index (χ3v) is 6.50. The Morgan fingerprint density at radius 3 is 2.58 bits per heavy atom. The summed E-state index contributed by atoms with van der Waals surface area (Å²) in [6.45, 7) is 6.96. The Labute approximate surface area is 159 Å². The van der Waals surface area contributed by atoms with E-state index < -0.39 is 5.66 Å². The van der Waals surface area contributed by atoms with Crippen molar-refractivity contribution >= 4 is 29.4 Å². The lowest BCUT2D eigenvalue weighted by Crippen LogP contribution is -2.58. The molecule has 0 aliphatic carbocycles. The van der Waals surface area contributed by atoms with E-state index in [4.69, 9.17) is 0 Å². The van der Waals surface area contributed by atoms with E-state index in [1.807, 2.05) is 0 Å². The molecule has 0 radical (unpaired) electrons. The van der Waals surface area contributed by atoms with Gasteiger partial charge in [-0.3, -0.25) is 4.79 Å². The number of rotatable bonds is 3. The average molecular weight is 365 g/mol. The highest BCUT2D eigenvalue weighted by molar-refractivity contribution is 7.98. The number of anilines is 1. The van der Waals surface area contributed by atoms with Crippen LogP contribution in [0.2, 0.25) is 0 Å². The van der Waals surface area contributed by atoms with Crippen LogP contribution >= 0.6 is 11.8 Å². The van der Waals surface area contributed by atoms with Crippen molar-refractivity contribution < 1.29 is 4.79 Å². The minimum atomic E-state index is -0.529. The van der Waals surface area contributed by atoms with Gasteiger partial charge in [0.15, 0.2) is 0 Å². The van der Waals surface area contributed by atoms with E-state index in [1.165, 1.54) is 16.0 Å². The summed E-state index contributed by atoms with van der Waals surface area (Å²) in [5.41, 5.74) is 4.08. The first-order chi connectivity index (χ1) is 12.4. The molecule has 1 unspecified atom stereocenters. The van der Waals surface area contributed by atoms with Crippen molar-refractivity contribution in [3.8, 4) is 0 Å². The molecule has 26 heavy (non-hydrogen) atoms. The van der Waals surface area contributed by atoms with Crippen LogP contribution in [-0.2, 0) is 10.2 Å². The smallest absolute Gasteiger partial charge is 0.241 e. The number of amides is 1. The van der Waals surface area contributed by atoms with E-state index in [-0.39, 0.29) is 11.3 Å². The molecule has 2 aliphatic heterocycles. The van der Waals surface area contributed by atoms with E-state index in [9.17, 15) is 4.79 Å². The number of nitrogens with zero attached hydrogens (tertiary/aromatic N) is 1. The first-order valence-corrected chi connectivity index (χ1v) is 10.1. The number of benzene rings is 2. The van der Waals surface area contributed by atoms with Gasteiger partial charge in [-0.15, -0.1) is 11.8 Å². The highest BCUT2D eigenvalue weighted by Gasteiger charge is 2.59. The van der Waals surface area contributed by atoms with Gasteiger partial charge in [-0.2, -0.15) is 0 Å². The summed E-state index contributed by atoms with van der Waals surface area (Å²) >= 11 is 1.74. The Morgan fingerprint density at radius 2 is 1.88 bits per heavy atom. The summed E-state index contributed by atoms with van der Waals surface area (Å²) in [6, 6.07) is 15.0. The van der Waals surface area contributed by atoms with Crippen molar-refractivity contribution in [3.63, 3.8) is 0 Å². The highest BCUT2D eigenvalue weighted by Crippen LogP contribution is 2.53. The topological polar surface area (TPSA) is 32.3 Å². The maximum absolute atomic E-state index is 12.3. The number of fused-ring (bicyclic) bond motifs is 3. The zero-order valence-corrected chi connectivity index (χ0v) is 16.5. The van der Waals surface area contributed by atoms with Crippen LogP contribution in [0.3, 0.4) is 0 Å². The molecule has 2 aromatic carbocycles. The van der Waals surface area contributed by atoms with Crippen molar-refractivity contribution in [2.75, 3.05) is 17.7 Å². The number of aryl methyl sites for hydroxylation is 1. The molecule has 2 heterocycles. The Balaban J connectivity index is 1.79. The van der Waals surface area contributed by atoms with Gasteiger partial charge in [0, 0.05) is 16.0 Å². The van der Waals surface area contributed by atoms with Crippen LogP contribution in [-0.4, -0.2) is 24.4 Å². The fourth-order valence-electron chi connectivity index (χ4n) is 4.22. The van der Waals surface area contributed by atoms with Crippen molar-refractivity contribution in [2.24, 2.45) is 0 Å². The fourth-order valence-corrected chi connectivity index (χ4v) is 4.63. The largest absolute Gasteiger partial charge is 0.335 e. The van der Waals surface area contributed by atoms with E-state index in [1.54, 1.807) is 11.8 Å². The zero-order valence-electron chi connectivity index (χ0n) is 15.7. The zero-order chi connectivity index (χ0) is 18.5. The van der Waals surface area contributed by atoms with Crippen LogP contribution in [0.15, 0.2) is 53.4 Å². The second-order valence-corrected chi connectivity index (χ2v) is 8.53. The van der Waals surface area contributed by atoms with Crippen molar-refractivity contribution in [1.82, 2.24) is 5.32 Å². The predicted molar refractivity (Wildman–Crippen MR) is 110 cm³/mol. The van der Waals surface area contributed by atoms with Gasteiger partial charge in [0.2, 0.25) is 5.91 Å². The summed E-state index contributed by atoms with van der Waals surface area (Å²) < 4.78 is 0. The molecule has 0 saturated carbocycles. The van der Waals surface area contributed by atoms with Gasteiger partial charge in [0.05, 0.1) is 6.54 Å². The second kappa shape index (κ2) is 5.92. The molecule has 0 spiro atoms. The molecular weight excluding hydrogens is 340 g/mol. The molecule has 1 amide bonds. The quantitative estimate of drug-likeness (QED) is 0.822. The van der Waals surface area contributed by atoms with Crippen LogP contribution in [0.1, 0.15) is 30.5 Å². The lowest BCUT2D eigenvalue weighted by molar-refractivity contribution is -0.118. The van der Waals surface area contributed by atoms with Crippen LogP contribution in [0, 0.1) is 6.92 Å². The normalized spacial score (nSPS) is 23.2. The van der Waals surface area contributed by atoms with Crippen LogP contribution < -0.4 is 10.2 Å². The predicted octanol–water partition coefficient (Wildman–Crippen LogP) is 4.35. The average Bonchev–Trinajstić information content (AvgIpc) is 3.05. The Bertz CT molecular complexity index is 901. The maximum atomic E-state index is 12.3. The molecule has 134 valence electrons. The molecular formula is C22H24N2OS.